The van der Waals surface area contributed by atoms with Crippen LogP contribution in [0.15, 0.2) is 60.7 Å². The molecule has 6 nitrogen and oxygen atoms in total. The molecule has 0 aromatic heterocycles. The van der Waals surface area contributed by atoms with E-state index in [4.69, 9.17) is 9.47 Å². The topological polar surface area (TPSA) is 72.9 Å². The van der Waals surface area contributed by atoms with E-state index in [1.165, 1.54) is 35.2 Å². The van der Waals surface area contributed by atoms with Gasteiger partial charge in [-0.15, -0.1) is 0 Å². The molecule has 0 heterocycles. The molecule has 1 amide bonds. The Labute approximate surface area is 162 Å². The zero-order chi connectivity index (χ0) is 20.4. The van der Waals surface area contributed by atoms with Crippen LogP contribution in [0, 0.1) is 5.82 Å². The van der Waals surface area contributed by atoms with Crippen molar-refractivity contribution in [1.29, 1.82) is 0 Å². The normalized spacial score (nSPS) is 10.5. The monoisotopic (exact) mass is 385 g/mol. The second-order valence-corrected chi connectivity index (χ2v) is 5.61. The average Bonchev–Trinajstić information content (AvgIpc) is 2.70. The van der Waals surface area contributed by atoms with Crippen LogP contribution in [0.5, 0.6) is 0 Å². The van der Waals surface area contributed by atoms with E-state index in [-0.39, 0.29) is 19.0 Å². The first kappa shape index (κ1) is 20.8. The SMILES string of the molecule is CCOC(=O)CN(C(=O)COC(=O)/C=C/c1ccc(F)cc1)c1ccccc1. The van der Waals surface area contributed by atoms with Gasteiger partial charge in [0.25, 0.3) is 5.91 Å². The van der Waals surface area contributed by atoms with Gasteiger partial charge in [0.05, 0.1) is 6.61 Å². The van der Waals surface area contributed by atoms with Crippen molar-refractivity contribution in [3.05, 3.63) is 72.1 Å². The third-order valence-electron chi connectivity index (χ3n) is 3.58. The Hall–Kier alpha value is -3.48. The number of benzene rings is 2. The predicted molar refractivity (Wildman–Crippen MR) is 102 cm³/mol. The van der Waals surface area contributed by atoms with Crippen molar-refractivity contribution in [3.8, 4) is 0 Å². The number of halogens is 1. The molecule has 0 fully saturated rings. The van der Waals surface area contributed by atoms with E-state index < -0.39 is 24.5 Å². The molecular weight excluding hydrogens is 365 g/mol. The molecule has 0 saturated carbocycles. The van der Waals surface area contributed by atoms with Gasteiger partial charge >= 0.3 is 11.9 Å². The van der Waals surface area contributed by atoms with Crippen LogP contribution >= 0.6 is 0 Å². The lowest BCUT2D eigenvalue weighted by molar-refractivity contribution is -0.144. The maximum atomic E-state index is 12.9. The number of nitrogens with zero attached hydrogens (tertiary/aromatic N) is 1. The number of para-hydroxylation sites is 1. The van der Waals surface area contributed by atoms with Crippen LogP contribution in [0.25, 0.3) is 6.08 Å². The second kappa shape index (κ2) is 10.6. The summed E-state index contributed by atoms with van der Waals surface area (Å²) in [4.78, 5) is 37.3. The summed E-state index contributed by atoms with van der Waals surface area (Å²) in [6, 6.07) is 14.1. The molecule has 0 aliphatic rings. The summed E-state index contributed by atoms with van der Waals surface area (Å²) in [6.45, 7) is 1.03. The molecule has 0 spiro atoms. The maximum absolute atomic E-state index is 12.9. The Balaban J connectivity index is 1.97. The number of carbonyl (C=O) groups excluding carboxylic acids is 3. The minimum atomic E-state index is -0.734. The van der Waals surface area contributed by atoms with Crippen molar-refractivity contribution in [2.24, 2.45) is 0 Å². The lowest BCUT2D eigenvalue weighted by atomic mass is 10.2. The first-order valence-electron chi connectivity index (χ1n) is 8.61. The van der Waals surface area contributed by atoms with Gasteiger partial charge in [-0.1, -0.05) is 30.3 Å². The number of hydrogen-bond donors (Lipinski definition) is 0. The first-order valence-corrected chi connectivity index (χ1v) is 8.61. The summed E-state index contributed by atoms with van der Waals surface area (Å²) < 4.78 is 22.7. The van der Waals surface area contributed by atoms with Gasteiger partial charge in [-0.3, -0.25) is 14.5 Å². The summed E-state index contributed by atoms with van der Waals surface area (Å²) >= 11 is 0. The summed E-state index contributed by atoms with van der Waals surface area (Å²) in [6.07, 6.45) is 2.58. The Kier molecular flexibility index (Phi) is 7.90. The van der Waals surface area contributed by atoms with Gasteiger partial charge < -0.3 is 9.47 Å². The zero-order valence-corrected chi connectivity index (χ0v) is 15.3. The zero-order valence-electron chi connectivity index (χ0n) is 15.3. The van der Waals surface area contributed by atoms with Gasteiger partial charge in [0, 0.05) is 11.8 Å². The molecule has 0 atom stereocenters. The Bertz CT molecular complexity index is 834. The average molecular weight is 385 g/mol. The Morgan fingerprint density at radius 3 is 2.32 bits per heavy atom. The number of amides is 1. The fourth-order valence-electron chi connectivity index (χ4n) is 2.26. The summed E-state index contributed by atoms with van der Waals surface area (Å²) in [5.41, 5.74) is 1.09. The highest BCUT2D eigenvalue weighted by atomic mass is 19.1. The molecule has 0 bridgehead atoms. The molecule has 0 radical (unpaired) electrons. The summed E-state index contributed by atoms with van der Waals surface area (Å²) in [5, 5.41) is 0. The highest BCUT2D eigenvalue weighted by Crippen LogP contribution is 2.14. The fourth-order valence-corrected chi connectivity index (χ4v) is 2.26. The highest BCUT2D eigenvalue weighted by Gasteiger charge is 2.20. The van der Waals surface area contributed by atoms with Crippen molar-refractivity contribution < 1.29 is 28.2 Å². The van der Waals surface area contributed by atoms with Gasteiger partial charge in [-0.2, -0.15) is 0 Å². The van der Waals surface area contributed by atoms with Crippen molar-refractivity contribution in [2.75, 3.05) is 24.7 Å². The van der Waals surface area contributed by atoms with Crippen LogP contribution < -0.4 is 4.90 Å². The molecule has 0 aliphatic carbocycles. The fraction of sp³-hybridized carbons (Fsp3) is 0.190. The van der Waals surface area contributed by atoms with E-state index in [9.17, 15) is 18.8 Å². The molecule has 0 saturated heterocycles. The Morgan fingerprint density at radius 2 is 1.68 bits per heavy atom. The number of anilines is 1. The van der Waals surface area contributed by atoms with E-state index in [0.717, 1.165) is 6.08 Å². The van der Waals surface area contributed by atoms with E-state index in [1.54, 1.807) is 37.3 Å². The predicted octanol–water partition coefficient (Wildman–Crippen LogP) is 2.98. The molecule has 2 aromatic rings. The number of esters is 2. The Morgan fingerprint density at radius 1 is 1.00 bits per heavy atom. The second-order valence-electron chi connectivity index (χ2n) is 5.61. The van der Waals surface area contributed by atoms with E-state index in [1.807, 2.05) is 0 Å². The van der Waals surface area contributed by atoms with Crippen LogP contribution in [-0.4, -0.2) is 37.6 Å². The van der Waals surface area contributed by atoms with Gasteiger partial charge in [0.1, 0.15) is 12.4 Å². The number of ether oxygens (including phenoxy) is 2. The molecule has 7 heteroatoms. The smallest absolute Gasteiger partial charge is 0.331 e. The van der Waals surface area contributed by atoms with E-state index in [2.05, 4.69) is 0 Å². The molecule has 0 N–H and O–H groups in total. The third-order valence-corrected chi connectivity index (χ3v) is 3.58. The molecule has 146 valence electrons. The van der Waals surface area contributed by atoms with Crippen molar-refractivity contribution in [3.63, 3.8) is 0 Å². The molecule has 0 unspecified atom stereocenters. The summed E-state index contributed by atoms with van der Waals surface area (Å²) in [5.74, 6) is -2.25. The van der Waals surface area contributed by atoms with Crippen LogP contribution in [0.4, 0.5) is 10.1 Å². The van der Waals surface area contributed by atoms with Crippen molar-refractivity contribution >= 4 is 29.6 Å². The molecule has 2 rings (SSSR count). The van der Waals surface area contributed by atoms with E-state index in [0.29, 0.717) is 11.3 Å². The van der Waals surface area contributed by atoms with Crippen molar-refractivity contribution in [1.82, 2.24) is 0 Å². The van der Waals surface area contributed by atoms with Crippen LogP contribution in [-0.2, 0) is 23.9 Å². The van der Waals surface area contributed by atoms with Crippen molar-refractivity contribution in [2.45, 2.75) is 6.92 Å². The van der Waals surface area contributed by atoms with Gasteiger partial charge in [-0.05, 0) is 42.8 Å². The third kappa shape index (κ3) is 6.68. The number of hydrogen-bond acceptors (Lipinski definition) is 5. The number of rotatable bonds is 8. The molecule has 2 aromatic carbocycles. The van der Waals surface area contributed by atoms with Gasteiger partial charge in [0.2, 0.25) is 0 Å². The first-order chi connectivity index (χ1) is 13.5. The van der Waals surface area contributed by atoms with Crippen LogP contribution in [0.2, 0.25) is 0 Å². The lowest BCUT2D eigenvalue weighted by Crippen LogP contribution is -2.39. The maximum Gasteiger partial charge on any atom is 0.331 e. The minimum Gasteiger partial charge on any atom is -0.465 e. The van der Waals surface area contributed by atoms with E-state index >= 15 is 0 Å². The van der Waals surface area contributed by atoms with Crippen LogP contribution in [0.3, 0.4) is 0 Å². The van der Waals surface area contributed by atoms with Crippen LogP contribution in [0.1, 0.15) is 12.5 Å². The lowest BCUT2D eigenvalue weighted by Gasteiger charge is -2.21. The van der Waals surface area contributed by atoms with Gasteiger partial charge in [-0.25, -0.2) is 9.18 Å². The molecular formula is C21H20FNO5. The standard InChI is InChI=1S/C21H20FNO5/c1-2-27-21(26)14-23(18-6-4-3-5-7-18)19(24)15-28-20(25)13-10-16-8-11-17(22)12-9-16/h3-13H,2,14-15H2,1H3/b13-10+. The summed E-state index contributed by atoms with van der Waals surface area (Å²) in [7, 11) is 0. The number of carbonyl (C=O) groups is 3. The largest absolute Gasteiger partial charge is 0.465 e. The minimum absolute atomic E-state index is 0.193. The quantitative estimate of drug-likeness (QED) is 0.516. The highest BCUT2D eigenvalue weighted by molar-refractivity contribution is 5.99. The molecule has 0 aliphatic heterocycles. The van der Waals surface area contributed by atoms with Gasteiger partial charge in [0.15, 0.2) is 6.61 Å². The molecule has 28 heavy (non-hydrogen) atoms.